The number of pyridine rings is 1. The molecule has 0 spiro atoms. The van der Waals surface area contributed by atoms with Crippen LogP contribution in [0.4, 0.5) is 0 Å². The van der Waals surface area contributed by atoms with Gasteiger partial charge in [-0.25, -0.2) is 0 Å². The Morgan fingerprint density at radius 3 is 2.92 bits per heavy atom. The zero-order chi connectivity index (χ0) is 9.10. The lowest BCUT2D eigenvalue weighted by atomic mass is 10.2. The lowest BCUT2D eigenvalue weighted by Crippen LogP contribution is -1.79. The van der Waals surface area contributed by atoms with E-state index in [1.807, 2.05) is 30.3 Å². The van der Waals surface area contributed by atoms with Crippen LogP contribution < -0.4 is 0 Å². The highest BCUT2D eigenvalue weighted by Gasteiger charge is 2.00. The zero-order valence-electron chi connectivity index (χ0n) is 6.77. The van der Waals surface area contributed by atoms with Gasteiger partial charge < -0.3 is 0 Å². The predicted molar refractivity (Wildman–Crippen MR) is 53.2 cm³/mol. The van der Waals surface area contributed by atoms with Crippen LogP contribution in [0.5, 0.6) is 0 Å². The zero-order valence-corrected chi connectivity index (χ0v) is 7.58. The Balaban J connectivity index is 2.70. The number of aromatic nitrogens is 1. The fourth-order valence-electron chi connectivity index (χ4n) is 1.21. The maximum absolute atomic E-state index is 8.56. The van der Waals surface area contributed by atoms with Crippen molar-refractivity contribution in [2.24, 2.45) is 0 Å². The smallest absolute Gasteiger partial charge is 0.138 e. The van der Waals surface area contributed by atoms with Crippen LogP contribution in [-0.2, 0) is 0 Å². The van der Waals surface area contributed by atoms with Crippen LogP contribution in [0, 0.1) is 10.7 Å². The minimum Gasteiger partial charge on any atom is -0.255 e. The van der Waals surface area contributed by atoms with Gasteiger partial charge in [-0.2, -0.15) is 5.26 Å². The molecule has 0 unspecified atom stereocenters. The SMILES string of the molecule is N#CSc1cccc2cccnc12. The highest BCUT2D eigenvalue weighted by Crippen LogP contribution is 2.24. The standard InChI is InChI=1S/C10H6N2S/c11-7-13-9-5-1-3-8-4-2-6-12-10(8)9/h1-6H. The molecule has 62 valence electrons. The van der Waals surface area contributed by atoms with E-state index in [4.69, 9.17) is 5.26 Å². The van der Waals surface area contributed by atoms with Gasteiger partial charge in [0, 0.05) is 16.5 Å². The number of rotatable bonds is 1. The van der Waals surface area contributed by atoms with Gasteiger partial charge in [0.2, 0.25) is 0 Å². The Kier molecular flexibility index (Phi) is 2.15. The quantitative estimate of drug-likeness (QED) is 0.507. The molecule has 0 radical (unpaired) electrons. The van der Waals surface area contributed by atoms with Gasteiger partial charge in [0.15, 0.2) is 0 Å². The number of para-hydroxylation sites is 1. The van der Waals surface area contributed by atoms with Gasteiger partial charge in [-0.15, -0.1) is 0 Å². The van der Waals surface area contributed by atoms with Gasteiger partial charge in [0.1, 0.15) is 5.40 Å². The summed E-state index contributed by atoms with van der Waals surface area (Å²) in [7, 11) is 0. The minimum absolute atomic E-state index is 0.900. The second kappa shape index (κ2) is 3.46. The third-order valence-electron chi connectivity index (χ3n) is 1.75. The number of hydrogen-bond acceptors (Lipinski definition) is 3. The van der Waals surface area contributed by atoms with Crippen LogP contribution in [0.15, 0.2) is 41.4 Å². The number of hydrogen-bond donors (Lipinski definition) is 0. The van der Waals surface area contributed by atoms with E-state index in [1.165, 1.54) is 0 Å². The number of benzene rings is 1. The molecule has 13 heavy (non-hydrogen) atoms. The van der Waals surface area contributed by atoms with Crippen LogP contribution >= 0.6 is 11.8 Å². The number of thiocyanates is 1. The molecular weight excluding hydrogens is 180 g/mol. The first-order chi connectivity index (χ1) is 6.42. The molecule has 0 amide bonds. The van der Waals surface area contributed by atoms with E-state index >= 15 is 0 Å². The van der Waals surface area contributed by atoms with Crippen molar-refractivity contribution < 1.29 is 0 Å². The fraction of sp³-hybridized carbons (Fsp3) is 0. The highest BCUT2D eigenvalue weighted by atomic mass is 32.2. The van der Waals surface area contributed by atoms with Crippen molar-refractivity contribution in [1.82, 2.24) is 4.98 Å². The molecule has 0 atom stereocenters. The average molecular weight is 186 g/mol. The number of nitrogens with zero attached hydrogens (tertiary/aromatic N) is 2. The van der Waals surface area contributed by atoms with Crippen molar-refractivity contribution in [2.45, 2.75) is 4.90 Å². The summed E-state index contributed by atoms with van der Waals surface area (Å²) in [5.74, 6) is 0. The first kappa shape index (κ1) is 8.09. The third kappa shape index (κ3) is 1.49. The van der Waals surface area contributed by atoms with Crippen molar-refractivity contribution in [3.8, 4) is 5.40 Å². The number of nitriles is 1. The molecule has 3 heteroatoms. The van der Waals surface area contributed by atoms with Gasteiger partial charge in [-0.3, -0.25) is 4.98 Å². The van der Waals surface area contributed by atoms with Crippen LogP contribution in [-0.4, -0.2) is 4.98 Å². The third-order valence-corrected chi connectivity index (χ3v) is 2.39. The summed E-state index contributed by atoms with van der Waals surface area (Å²) in [6, 6.07) is 9.71. The van der Waals surface area contributed by atoms with Crippen molar-refractivity contribution in [3.63, 3.8) is 0 Å². The Morgan fingerprint density at radius 2 is 2.08 bits per heavy atom. The van der Waals surface area contributed by atoms with Gasteiger partial charge in [-0.05, 0) is 23.9 Å². The molecule has 1 aromatic heterocycles. The van der Waals surface area contributed by atoms with Crippen LogP contribution in [0.25, 0.3) is 10.9 Å². The van der Waals surface area contributed by atoms with Gasteiger partial charge in [0.25, 0.3) is 0 Å². The molecule has 1 aromatic carbocycles. The van der Waals surface area contributed by atoms with Crippen molar-refractivity contribution in [2.75, 3.05) is 0 Å². The van der Waals surface area contributed by atoms with Gasteiger partial charge in [-0.1, -0.05) is 18.2 Å². The molecule has 0 aliphatic rings. The van der Waals surface area contributed by atoms with Crippen LogP contribution in [0.1, 0.15) is 0 Å². The van der Waals surface area contributed by atoms with Crippen LogP contribution in [0.3, 0.4) is 0 Å². The second-order valence-corrected chi connectivity index (χ2v) is 3.35. The van der Waals surface area contributed by atoms with E-state index in [-0.39, 0.29) is 0 Å². The largest absolute Gasteiger partial charge is 0.255 e. The second-order valence-electron chi connectivity index (χ2n) is 2.52. The summed E-state index contributed by atoms with van der Waals surface area (Å²) in [6.07, 6.45) is 1.74. The van der Waals surface area contributed by atoms with Crippen LogP contribution in [0.2, 0.25) is 0 Å². The van der Waals surface area contributed by atoms with Crippen molar-refractivity contribution >= 4 is 22.7 Å². The topological polar surface area (TPSA) is 36.7 Å². The Bertz CT molecular complexity index is 468. The molecular formula is C10H6N2S. The maximum Gasteiger partial charge on any atom is 0.138 e. The summed E-state index contributed by atoms with van der Waals surface area (Å²) in [4.78, 5) is 5.15. The van der Waals surface area contributed by atoms with E-state index in [1.54, 1.807) is 6.20 Å². The van der Waals surface area contributed by atoms with E-state index in [9.17, 15) is 0 Å². The van der Waals surface area contributed by atoms with Crippen molar-refractivity contribution in [1.29, 1.82) is 5.26 Å². The maximum atomic E-state index is 8.56. The Hall–Kier alpha value is -1.53. The average Bonchev–Trinajstić information content (AvgIpc) is 2.19. The van der Waals surface area contributed by atoms with E-state index in [2.05, 4.69) is 10.4 Å². The molecule has 2 aromatic rings. The molecule has 0 aliphatic carbocycles. The Labute approximate surface area is 80.2 Å². The minimum atomic E-state index is 0.900. The first-order valence-corrected chi connectivity index (χ1v) is 4.63. The summed E-state index contributed by atoms with van der Waals surface area (Å²) in [6.45, 7) is 0. The first-order valence-electron chi connectivity index (χ1n) is 3.81. The van der Waals surface area contributed by atoms with E-state index in [0.717, 1.165) is 27.6 Å². The lowest BCUT2D eigenvalue weighted by Gasteiger charge is -1.99. The molecule has 0 fully saturated rings. The summed E-state index contributed by atoms with van der Waals surface area (Å²) in [5.41, 5.74) is 0.900. The predicted octanol–water partition coefficient (Wildman–Crippen LogP) is 2.81. The summed E-state index contributed by atoms with van der Waals surface area (Å²) >= 11 is 1.15. The fourth-order valence-corrected chi connectivity index (χ4v) is 1.72. The summed E-state index contributed by atoms with van der Waals surface area (Å²) < 4.78 is 0. The molecule has 0 N–H and O–H groups in total. The summed E-state index contributed by atoms with van der Waals surface area (Å²) in [5, 5.41) is 11.7. The molecule has 2 nitrogen and oxygen atoms in total. The molecule has 2 rings (SSSR count). The van der Waals surface area contributed by atoms with Gasteiger partial charge in [0.05, 0.1) is 5.52 Å². The number of thioether (sulfide) groups is 1. The number of fused-ring (bicyclic) bond motifs is 1. The lowest BCUT2D eigenvalue weighted by molar-refractivity contribution is 1.35. The van der Waals surface area contributed by atoms with Gasteiger partial charge >= 0.3 is 0 Å². The molecule has 1 heterocycles. The highest BCUT2D eigenvalue weighted by molar-refractivity contribution is 8.04. The normalized spacial score (nSPS) is 9.77. The molecule has 0 aliphatic heterocycles. The molecule has 0 bridgehead atoms. The van der Waals surface area contributed by atoms with Crippen molar-refractivity contribution in [3.05, 3.63) is 36.5 Å². The molecule has 0 saturated carbocycles. The van der Waals surface area contributed by atoms with E-state index in [0.29, 0.717) is 0 Å². The Morgan fingerprint density at radius 1 is 1.23 bits per heavy atom. The monoisotopic (exact) mass is 186 g/mol. The molecule has 0 saturated heterocycles. The van der Waals surface area contributed by atoms with E-state index < -0.39 is 0 Å².